The number of carbonyl (C=O) groups is 2. The predicted octanol–water partition coefficient (Wildman–Crippen LogP) is 3.11. The Hall–Kier alpha value is -2.71. The molecule has 144 valence electrons. The second-order valence-electron chi connectivity index (χ2n) is 5.25. The maximum atomic E-state index is 12.3. The quantitative estimate of drug-likeness (QED) is 0.684. The topological polar surface area (TPSA) is 76.7 Å². The van der Waals surface area contributed by atoms with E-state index in [1.165, 1.54) is 25.3 Å². The van der Waals surface area contributed by atoms with Gasteiger partial charge in [0.25, 0.3) is 0 Å². The molecule has 0 aliphatic heterocycles. The highest BCUT2D eigenvalue weighted by atomic mass is 19.4. The van der Waals surface area contributed by atoms with Gasteiger partial charge in [-0.25, -0.2) is 4.79 Å². The number of rotatable bonds is 8. The molecule has 1 atom stereocenters. The maximum Gasteiger partial charge on any atom is 0.394 e. The van der Waals surface area contributed by atoms with Gasteiger partial charge in [0.15, 0.2) is 0 Å². The van der Waals surface area contributed by atoms with Crippen LogP contribution in [0.15, 0.2) is 30.5 Å². The molecule has 0 aliphatic rings. The van der Waals surface area contributed by atoms with E-state index in [-0.39, 0.29) is 24.5 Å². The van der Waals surface area contributed by atoms with Crippen molar-refractivity contribution in [3.05, 3.63) is 36.0 Å². The number of allylic oxidation sites excluding steroid dienone is 1. The minimum Gasteiger partial charge on any atom is -0.495 e. The number of amides is 1. The third-order valence-electron chi connectivity index (χ3n) is 3.27. The van der Waals surface area contributed by atoms with Crippen LogP contribution in [0.25, 0.3) is 0 Å². The Kier molecular flexibility index (Phi) is 7.95. The Morgan fingerprint density at radius 3 is 2.58 bits per heavy atom. The lowest BCUT2D eigenvalue weighted by Gasteiger charge is -2.12. The highest BCUT2D eigenvalue weighted by Gasteiger charge is 2.33. The zero-order valence-corrected chi connectivity index (χ0v) is 14.6. The molecule has 1 amide bonds. The second kappa shape index (κ2) is 9.69. The van der Waals surface area contributed by atoms with Crippen LogP contribution in [0, 0.1) is 5.92 Å². The fourth-order valence-electron chi connectivity index (χ4n) is 1.80. The van der Waals surface area contributed by atoms with Gasteiger partial charge in [-0.15, -0.1) is 0 Å². The number of nitrogens with one attached hydrogen (secondary N) is 2. The van der Waals surface area contributed by atoms with Crippen molar-refractivity contribution in [3.8, 4) is 5.75 Å². The SMILES string of the molecule is CCOC(=O)c1ccc(NC(=O)CN/C=C/C(C)C(F)(F)F)c(OC)c1. The zero-order valence-electron chi connectivity index (χ0n) is 14.6. The number of methoxy groups -OCH3 is 1. The number of halogens is 3. The van der Waals surface area contributed by atoms with Crippen LogP contribution in [-0.4, -0.2) is 38.3 Å². The van der Waals surface area contributed by atoms with E-state index in [2.05, 4.69) is 10.6 Å². The van der Waals surface area contributed by atoms with Crippen LogP contribution in [0.5, 0.6) is 5.75 Å². The fourth-order valence-corrected chi connectivity index (χ4v) is 1.80. The van der Waals surface area contributed by atoms with Crippen LogP contribution < -0.4 is 15.4 Å². The van der Waals surface area contributed by atoms with E-state index in [1.54, 1.807) is 6.92 Å². The molecule has 6 nitrogen and oxygen atoms in total. The lowest BCUT2D eigenvalue weighted by Crippen LogP contribution is -2.25. The average Bonchev–Trinajstić information content (AvgIpc) is 2.58. The molecule has 0 spiro atoms. The van der Waals surface area contributed by atoms with Gasteiger partial charge < -0.3 is 20.1 Å². The molecule has 1 rings (SSSR count). The monoisotopic (exact) mass is 374 g/mol. The van der Waals surface area contributed by atoms with Crippen molar-refractivity contribution in [2.45, 2.75) is 20.0 Å². The molecule has 0 saturated carbocycles. The van der Waals surface area contributed by atoms with E-state index in [0.717, 1.165) is 19.2 Å². The van der Waals surface area contributed by atoms with Crippen LogP contribution in [-0.2, 0) is 9.53 Å². The molecule has 9 heteroatoms. The third kappa shape index (κ3) is 6.66. The van der Waals surface area contributed by atoms with Gasteiger partial charge in [-0.05, 0) is 31.3 Å². The molecule has 1 aromatic carbocycles. The Morgan fingerprint density at radius 1 is 1.31 bits per heavy atom. The summed E-state index contributed by atoms with van der Waals surface area (Å²) in [5.41, 5.74) is 0.587. The minimum absolute atomic E-state index is 0.228. The highest BCUT2D eigenvalue weighted by Crippen LogP contribution is 2.27. The summed E-state index contributed by atoms with van der Waals surface area (Å²) in [5, 5.41) is 5.03. The Morgan fingerprint density at radius 2 is 2.00 bits per heavy atom. The molecule has 0 aromatic heterocycles. The molecule has 0 heterocycles. The summed E-state index contributed by atoms with van der Waals surface area (Å²) in [6.45, 7) is 2.69. The number of alkyl halides is 3. The largest absolute Gasteiger partial charge is 0.495 e. The molecule has 0 fully saturated rings. The summed E-state index contributed by atoms with van der Waals surface area (Å²) in [7, 11) is 1.37. The lowest BCUT2D eigenvalue weighted by molar-refractivity contribution is -0.156. The van der Waals surface area contributed by atoms with E-state index in [1.807, 2.05) is 0 Å². The first kappa shape index (κ1) is 21.3. The van der Waals surface area contributed by atoms with Crippen molar-refractivity contribution in [1.82, 2.24) is 5.32 Å². The molecule has 0 saturated heterocycles. The summed E-state index contributed by atoms with van der Waals surface area (Å²) < 4.78 is 47.0. The van der Waals surface area contributed by atoms with Crippen LogP contribution in [0.3, 0.4) is 0 Å². The Balaban J connectivity index is 2.64. The number of esters is 1. The molecular formula is C17H21F3N2O4. The first-order valence-electron chi connectivity index (χ1n) is 7.80. The number of hydrogen-bond acceptors (Lipinski definition) is 5. The number of anilines is 1. The summed E-state index contributed by atoms with van der Waals surface area (Å²) >= 11 is 0. The third-order valence-corrected chi connectivity index (χ3v) is 3.27. The molecule has 0 radical (unpaired) electrons. The van der Waals surface area contributed by atoms with E-state index in [9.17, 15) is 22.8 Å². The summed E-state index contributed by atoms with van der Waals surface area (Å²) in [6.07, 6.45) is -2.32. The fraction of sp³-hybridized carbons (Fsp3) is 0.412. The van der Waals surface area contributed by atoms with Gasteiger partial charge >= 0.3 is 12.1 Å². The van der Waals surface area contributed by atoms with Crippen molar-refractivity contribution < 1.29 is 32.2 Å². The maximum absolute atomic E-state index is 12.3. The van der Waals surface area contributed by atoms with Gasteiger partial charge in [0, 0.05) is 0 Å². The van der Waals surface area contributed by atoms with Crippen molar-refractivity contribution in [2.24, 2.45) is 5.92 Å². The van der Waals surface area contributed by atoms with Gasteiger partial charge in [-0.3, -0.25) is 4.79 Å². The van der Waals surface area contributed by atoms with Gasteiger partial charge in [0.2, 0.25) is 5.91 Å². The van der Waals surface area contributed by atoms with E-state index in [4.69, 9.17) is 9.47 Å². The molecule has 26 heavy (non-hydrogen) atoms. The highest BCUT2D eigenvalue weighted by molar-refractivity contribution is 5.96. The standard InChI is InChI=1S/C17H21F3N2O4/c1-4-26-16(24)12-5-6-13(14(9-12)25-3)22-15(23)10-21-8-7-11(2)17(18,19)20/h5-9,11,21H,4,10H2,1-3H3,(H,22,23)/b8-7+. The Bertz CT molecular complexity index is 660. The smallest absolute Gasteiger partial charge is 0.394 e. The summed E-state index contributed by atoms with van der Waals surface area (Å²) in [5.74, 6) is -2.37. The first-order chi connectivity index (χ1) is 12.2. The van der Waals surface area contributed by atoms with Gasteiger partial charge in [0.1, 0.15) is 5.75 Å². The zero-order chi connectivity index (χ0) is 19.7. The molecule has 1 aromatic rings. The molecule has 1 unspecified atom stereocenters. The predicted molar refractivity (Wildman–Crippen MR) is 89.9 cm³/mol. The van der Waals surface area contributed by atoms with Gasteiger partial charge in [-0.1, -0.05) is 13.0 Å². The van der Waals surface area contributed by atoms with Crippen molar-refractivity contribution in [1.29, 1.82) is 0 Å². The van der Waals surface area contributed by atoms with Crippen molar-refractivity contribution in [2.75, 3.05) is 25.6 Å². The number of carbonyl (C=O) groups excluding carboxylic acids is 2. The molecular weight excluding hydrogens is 353 g/mol. The Labute approximate surface area is 149 Å². The molecule has 0 aliphatic carbocycles. The summed E-state index contributed by atoms with van der Waals surface area (Å²) in [4.78, 5) is 23.6. The van der Waals surface area contributed by atoms with Gasteiger partial charge in [-0.2, -0.15) is 13.2 Å². The van der Waals surface area contributed by atoms with E-state index < -0.39 is 24.0 Å². The minimum atomic E-state index is -4.32. The molecule has 2 N–H and O–H groups in total. The van der Waals surface area contributed by atoms with Crippen molar-refractivity contribution in [3.63, 3.8) is 0 Å². The van der Waals surface area contributed by atoms with Crippen LogP contribution in [0.1, 0.15) is 24.2 Å². The van der Waals surface area contributed by atoms with Crippen molar-refractivity contribution >= 4 is 17.6 Å². The van der Waals surface area contributed by atoms with E-state index in [0.29, 0.717) is 5.69 Å². The van der Waals surface area contributed by atoms with E-state index >= 15 is 0 Å². The van der Waals surface area contributed by atoms with Crippen LogP contribution in [0.2, 0.25) is 0 Å². The molecule has 0 bridgehead atoms. The second-order valence-corrected chi connectivity index (χ2v) is 5.25. The number of hydrogen-bond donors (Lipinski definition) is 2. The number of benzene rings is 1. The number of ether oxygens (including phenoxy) is 2. The van der Waals surface area contributed by atoms with Gasteiger partial charge in [0.05, 0.1) is 37.4 Å². The lowest BCUT2D eigenvalue weighted by atomic mass is 10.2. The first-order valence-corrected chi connectivity index (χ1v) is 7.80. The van der Waals surface area contributed by atoms with Crippen LogP contribution in [0.4, 0.5) is 18.9 Å². The normalized spacial score (nSPS) is 12.5. The van der Waals surface area contributed by atoms with Crippen LogP contribution >= 0.6 is 0 Å². The average molecular weight is 374 g/mol. The summed E-state index contributed by atoms with van der Waals surface area (Å²) in [6, 6.07) is 4.37.